The Bertz CT molecular complexity index is 176. The van der Waals surface area contributed by atoms with E-state index in [4.69, 9.17) is 17.0 Å². The number of ether oxygens (including phenoxy) is 1. The molecule has 0 rings (SSSR count). The first-order chi connectivity index (χ1) is 7.07. The molecule has 0 aliphatic heterocycles. The van der Waals surface area contributed by atoms with Crippen molar-refractivity contribution >= 4 is 17.3 Å². The Balaban J connectivity index is 3.38. The van der Waals surface area contributed by atoms with Crippen LogP contribution in [0.5, 0.6) is 0 Å². The van der Waals surface area contributed by atoms with Crippen LogP contribution >= 0.6 is 12.2 Å². The van der Waals surface area contributed by atoms with E-state index in [0.717, 1.165) is 19.6 Å². The molecule has 0 bridgehead atoms. The van der Waals surface area contributed by atoms with Gasteiger partial charge in [-0.25, -0.2) is 0 Å². The Labute approximate surface area is 98.4 Å². The van der Waals surface area contributed by atoms with Crippen LogP contribution in [0.25, 0.3) is 0 Å². The fourth-order valence-corrected chi connectivity index (χ4v) is 1.14. The molecule has 0 radical (unpaired) electrons. The standard InChI is InChI=1S/C10H23N3OS/c1-9(2)13(3)7-5-11-10(15)12-6-8-14-4/h9H,5-8H2,1-4H3,(H2,11,12,15). The first kappa shape index (κ1) is 14.6. The van der Waals surface area contributed by atoms with E-state index in [-0.39, 0.29) is 0 Å². The van der Waals surface area contributed by atoms with Crippen molar-refractivity contribution in [3.8, 4) is 0 Å². The van der Waals surface area contributed by atoms with Gasteiger partial charge in [0.25, 0.3) is 0 Å². The molecule has 0 heterocycles. The molecule has 5 heteroatoms. The van der Waals surface area contributed by atoms with Crippen LogP contribution in [0.4, 0.5) is 0 Å². The van der Waals surface area contributed by atoms with E-state index in [0.29, 0.717) is 17.8 Å². The summed E-state index contributed by atoms with van der Waals surface area (Å²) in [4.78, 5) is 2.27. The average Bonchev–Trinajstić information content (AvgIpc) is 2.18. The molecule has 0 aromatic rings. The SMILES string of the molecule is COCCNC(=S)NCCN(C)C(C)C. The minimum atomic E-state index is 0.571. The second-order valence-electron chi connectivity index (χ2n) is 3.75. The van der Waals surface area contributed by atoms with E-state index in [9.17, 15) is 0 Å². The van der Waals surface area contributed by atoms with Gasteiger partial charge in [0.15, 0.2) is 5.11 Å². The zero-order chi connectivity index (χ0) is 11.7. The Morgan fingerprint density at radius 3 is 2.47 bits per heavy atom. The number of nitrogens with zero attached hydrogens (tertiary/aromatic N) is 1. The number of hydrogen-bond donors (Lipinski definition) is 2. The van der Waals surface area contributed by atoms with Gasteiger partial charge in [-0.15, -0.1) is 0 Å². The number of rotatable bonds is 7. The summed E-state index contributed by atoms with van der Waals surface area (Å²) in [5.41, 5.74) is 0. The van der Waals surface area contributed by atoms with Crippen LogP contribution in [0.15, 0.2) is 0 Å². The molecule has 0 spiro atoms. The number of methoxy groups -OCH3 is 1. The normalized spacial score (nSPS) is 10.8. The minimum Gasteiger partial charge on any atom is -0.383 e. The highest BCUT2D eigenvalue weighted by atomic mass is 32.1. The van der Waals surface area contributed by atoms with Gasteiger partial charge in [-0.3, -0.25) is 0 Å². The van der Waals surface area contributed by atoms with E-state index in [1.165, 1.54) is 0 Å². The smallest absolute Gasteiger partial charge is 0.166 e. The fourth-order valence-electron chi connectivity index (χ4n) is 0.933. The molecular formula is C10H23N3OS. The lowest BCUT2D eigenvalue weighted by atomic mass is 10.3. The van der Waals surface area contributed by atoms with Gasteiger partial charge in [0.2, 0.25) is 0 Å². The quantitative estimate of drug-likeness (QED) is 0.493. The molecule has 90 valence electrons. The molecule has 0 atom stereocenters. The first-order valence-electron chi connectivity index (χ1n) is 5.28. The van der Waals surface area contributed by atoms with E-state index < -0.39 is 0 Å². The minimum absolute atomic E-state index is 0.571. The van der Waals surface area contributed by atoms with E-state index in [2.05, 4.69) is 36.4 Å². The van der Waals surface area contributed by atoms with Gasteiger partial charge >= 0.3 is 0 Å². The molecule has 0 aliphatic rings. The van der Waals surface area contributed by atoms with Crippen molar-refractivity contribution in [2.75, 3.05) is 40.4 Å². The summed E-state index contributed by atoms with van der Waals surface area (Å²) >= 11 is 5.09. The Morgan fingerprint density at radius 1 is 1.33 bits per heavy atom. The monoisotopic (exact) mass is 233 g/mol. The maximum atomic E-state index is 5.09. The van der Waals surface area contributed by atoms with Crippen LogP contribution in [-0.4, -0.2) is 56.5 Å². The summed E-state index contributed by atoms with van der Waals surface area (Å²) in [6.07, 6.45) is 0. The molecule has 0 aliphatic carbocycles. The van der Waals surface area contributed by atoms with Gasteiger partial charge < -0.3 is 20.3 Å². The van der Waals surface area contributed by atoms with E-state index in [1.807, 2.05) is 0 Å². The summed E-state index contributed by atoms with van der Waals surface area (Å²) < 4.78 is 4.91. The van der Waals surface area contributed by atoms with Crippen LogP contribution in [0, 0.1) is 0 Å². The number of thiocarbonyl (C=S) groups is 1. The molecule has 0 saturated carbocycles. The summed E-state index contributed by atoms with van der Waals surface area (Å²) in [5, 5.41) is 6.91. The maximum absolute atomic E-state index is 5.09. The predicted molar refractivity (Wildman–Crippen MR) is 68.2 cm³/mol. The highest BCUT2D eigenvalue weighted by Crippen LogP contribution is 1.90. The van der Waals surface area contributed by atoms with Crippen LogP contribution in [0.3, 0.4) is 0 Å². The highest BCUT2D eigenvalue weighted by Gasteiger charge is 2.02. The van der Waals surface area contributed by atoms with Gasteiger partial charge in [0.1, 0.15) is 0 Å². The predicted octanol–water partition coefficient (Wildman–Crippen LogP) is 0.437. The zero-order valence-electron chi connectivity index (χ0n) is 10.2. The average molecular weight is 233 g/mol. The van der Waals surface area contributed by atoms with Crippen LogP contribution < -0.4 is 10.6 Å². The van der Waals surface area contributed by atoms with Crippen molar-refractivity contribution in [2.24, 2.45) is 0 Å². The van der Waals surface area contributed by atoms with Crippen molar-refractivity contribution < 1.29 is 4.74 Å². The molecule has 0 fully saturated rings. The van der Waals surface area contributed by atoms with Crippen molar-refractivity contribution in [2.45, 2.75) is 19.9 Å². The molecule has 0 amide bonds. The third-order valence-electron chi connectivity index (χ3n) is 2.22. The third kappa shape index (κ3) is 8.59. The largest absolute Gasteiger partial charge is 0.383 e. The lowest BCUT2D eigenvalue weighted by Gasteiger charge is -2.21. The Morgan fingerprint density at radius 2 is 1.93 bits per heavy atom. The maximum Gasteiger partial charge on any atom is 0.166 e. The second-order valence-corrected chi connectivity index (χ2v) is 4.16. The summed E-state index contributed by atoms with van der Waals surface area (Å²) in [6, 6.07) is 0.571. The van der Waals surface area contributed by atoms with Crippen LogP contribution in [0.2, 0.25) is 0 Å². The van der Waals surface area contributed by atoms with Crippen molar-refractivity contribution in [3.63, 3.8) is 0 Å². The topological polar surface area (TPSA) is 36.5 Å². The lowest BCUT2D eigenvalue weighted by Crippen LogP contribution is -2.41. The molecule has 15 heavy (non-hydrogen) atoms. The van der Waals surface area contributed by atoms with Gasteiger partial charge in [0.05, 0.1) is 6.61 Å². The molecular weight excluding hydrogens is 210 g/mol. The summed E-state index contributed by atoms with van der Waals surface area (Å²) in [6.45, 7) is 7.64. The van der Waals surface area contributed by atoms with E-state index >= 15 is 0 Å². The van der Waals surface area contributed by atoms with Crippen LogP contribution in [0.1, 0.15) is 13.8 Å². The number of hydrogen-bond acceptors (Lipinski definition) is 3. The third-order valence-corrected chi connectivity index (χ3v) is 2.51. The van der Waals surface area contributed by atoms with Crippen LogP contribution in [-0.2, 0) is 4.74 Å². The second kappa shape index (κ2) is 8.88. The Kier molecular flexibility index (Phi) is 8.65. The highest BCUT2D eigenvalue weighted by molar-refractivity contribution is 7.80. The van der Waals surface area contributed by atoms with Gasteiger partial charge in [-0.2, -0.15) is 0 Å². The summed E-state index contributed by atoms with van der Waals surface area (Å²) in [7, 11) is 3.78. The first-order valence-corrected chi connectivity index (χ1v) is 5.69. The van der Waals surface area contributed by atoms with Gasteiger partial charge in [0, 0.05) is 32.8 Å². The van der Waals surface area contributed by atoms with Crippen molar-refractivity contribution in [1.82, 2.24) is 15.5 Å². The summed E-state index contributed by atoms with van der Waals surface area (Å²) in [5.74, 6) is 0. The van der Waals surface area contributed by atoms with Gasteiger partial charge in [-0.1, -0.05) is 0 Å². The molecule has 0 saturated heterocycles. The Hall–Kier alpha value is -0.390. The van der Waals surface area contributed by atoms with E-state index in [1.54, 1.807) is 7.11 Å². The number of nitrogens with one attached hydrogen (secondary N) is 2. The molecule has 2 N–H and O–H groups in total. The number of likely N-dealkylation sites (N-methyl/N-ethyl adjacent to an activating group) is 1. The molecule has 0 aromatic heterocycles. The molecule has 4 nitrogen and oxygen atoms in total. The van der Waals surface area contributed by atoms with Gasteiger partial charge in [-0.05, 0) is 33.1 Å². The van der Waals surface area contributed by atoms with Crippen molar-refractivity contribution in [3.05, 3.63) is 0 Å². The molecule has 0 unspecified atom stereocenters. The van der Waals surface area contributed by atoms with Crippen molar-refractivity contribution in [1.29, 1.82) is 0 Å². The zero-order valence-corrected chi connectivity index (χ0v) is 11.0. The molecule has 0 aromatic carbocycles. The fraction of sp³-hybridized carbons (Fsp3) is 0.900. The lowest BCUT2D eigenvalue weighted by molar-refractivity contribution is 0.204.